The molecule has 2 N–H and O–H groups in total. The SMILES string of the molecule is CC(=O)S[C@H]1[C@@H](C)C[C@@H](c2ccncc2NC(=O)c2ccc(F)c(-c3c(F)cccc3F)n2)C[C@H]1NC(=O)OC(C)(C)C. The van der Waals surface area contributed by atoms with Crippen LogP contribution in [0, 0.1) is 23.4 Å². The highest BCUT2D eigenvalue weighted by atomic mass is 32.2. The number of thioether (sulfide) groups is 1. The molecule has 2 heterocycles. The maximum atomic E-state index is 14.6. The van der Waals surface area contributed by atoms with Gasteiger partial charge in [0.25, 0.3) is 5.91 Å². The fourth-order valence-electron chi connectivity index (χ4n) is 5.28. The van der Waals surface area contributed by atoms with E-state index >= 15 is 0 Å². The summed E-state index contributed by atoms with van der Waals surface area (Å²) in [7, 11) is 0. The monoisotopic (exact) mass is 614 g/mol. The van der Waals surface area contributed by atoms with Gasteiger partial charge >= 0.3 is 6.09 Å². The number of nitrogens with one attached hydrogen (secondary N) is 2. The molecular weight excluding hydrogens is 581 g/mol. The summed E-state index contributed by atoms with van der Waals surface area (Å²) >= 11 is 1.18. The molecule has 0 saturated heterocycles. The number of anilines is 1. The minimum atomic E-state index is -1.01. The first-order chi connectivity index (χ1) is 20.2. The van der Waals surface area contributed by atoms with E-state index in [-0.39, 0.29) is 27.9 Å². The van der Waals surface area contributed by atoms with Gasteiger partial charge in [0, 0.05) is 24.4 Å². The summed E-state index contributed by atoms with van der Waals surface area (Å²) in [5.41, 5.74) is -1.16. The van der Waals surface area contributed by atoms with E-state index in [0.717, 1.165) is 35.9 Å². The number of pyridine rings is 2. The third kappa shape index (κ3) is 7.92. The van der Waals surface area contributed by atoms with Crippen LogP contribution in [0.3, 0.4) is 0 Å². The molecule has 8 nitrogen and oxygen atoms in total. The first-order valence-corrected chi connectivity index (χ1v) is 14.6. The summed E-state index contributed by atoms with van der Waals surface area (Å²) in [5.74, 6) is -3.89. The zero-order chi connectivity index (χ0) is 31.5. The zero-order valence-corrected chi connectivity index (χ0v) is 25.2. The number of alkyl carbamates (subject to hydrolysis) is 1. The van der Waals surface area contributed by atoms with E-state index in [9.17, 15) is 27.6 Å². The van der Waals surface area contributed by atoms with E-state index in [1.165, 1.54) is 24.9 Å². The molecule has 1 aliphatic carbocycles. The van der Waals surface area contributed by atoms with E-state index in [1.807, 2.05) is 6.92 Å². The van der Waals surface area contributed by atoms with Crippen LogP contribution in [0.15, 0.2) is 48.8 Å². The van der Waals surface area contributed by atoms with Crippen molar-refractivity contribution >= 4 is 34.6 Å². The molecule has 3 aromatic rings. The highest BCUT2D eigenvalue weighted by Crippen LogP contribution is 2.43. The molecule has 12 heteroatoms. The maximum Gasteiger partial charge on any atom is 0.407 e. The van der Waals surface area contributed by atoms with Gasteiger partial charge in [-0.05, 0) is 81.3 Å². The van der Waals surface area contributed by atoms with Gasteiger partial charge in [-0.2, -0.15) is 0 Å². The predicted molar refractivity (Wildman–Crippen MR) is 158 cm³/mol. The van der Waals surface area contributed by atoms with Crippen molar-refractivity contribution in [1.82, 2.24) is 15.3 Å². The van der Waals surface area contributed by atoms with Gasteiger partial charge in [-0.3, -0.25) is 14.6 Å². The first kappa shape index (κ1) is 32.0. The maximum absolute atomic E-state index is 14.6. The van der Waals surface area contributed by atoms with Crippen LogP contribution in [0.1, 0.15) is 69.4 Å². The van der Waals surface area contributed by atoms with E-state index in [4.69, 9.17) is 4.74 Å². The van der Waals surface area contributed by atoms with Gasteiger partial charge in [-0.25, -0.2) is 22.9 Å². The largest absolute Gasteiger partial charge is 0.444 e. The molecule has 0 bridgehead atoms. The van der Waals surface area contributed by atoms with Crippen LogP contribution in [0.4, 0.5) is 23.7 Å². The molecule has 228 valence electrons. The predicted octanol–water partition coefficient (Wildman–Crippen LogP) is 6.87. The van der Waals surface area contributed by atoms with E-state index < -0.39 is 52.4 Å². The van der Waals surface area contributed by atoms with Crippen molar-refractivity contribution in [2.24, 2.45) is 5.92 Å². The number of halogens is 3. The number of carbonyl (C=O) groups excluding carboxylic acids is 3. The van der Waals surface area contributed by atoms with E-state index in [1.54, 1.807) is 33.0 Å². The molecule has 4 rings (SSSR count). The molecule has 2 amide bonds. The lowest BCUT2D eigenvalue weighted by Gasteiger charge is -2.40. The molecule has 0 radical (unpaired) electrons. The number of amides is 2. The molecule has 1 saturated carbocycles. The second-order valence-electron chi connectivity index (χ2n) is 11.5. The Morgan fingerprint density at radius 2 is 1.70 bits per heavy atom. The highest BCUT2D eigenvalue weighted by molar-refractivity contribution is 8.14. The minimum Gasteiger partial charge on any atom is -0.444 e. The fraction of sp³-hybridized carbons (Fsp3) is 0.387. The third-order valence-electron chi connectivity index (χ3n) is 6.98. The van der Waals surface area contributed by atoms with Gasteiger partial charge in [0.05, 0.1) is 17.4 Å². The number of ether oxygens (including phenoxy) is 1. The Morgan fingerprint density at radius 3 is 2.35 bits per heavy atom. The summed E-state index contributed by atoms with van der Waals surface area (Å²) in [5, 5.41) is 5.43. The van der Waals surface area contributed by atoms with E-state index in [2.05, 4.69) is 20.6 Å². The highest BCUT2D eigenvalue weighted by Gasteiger charge is 2.39. The van der Waals surface area contributed by atoms with Gasteiger partial charge in [0.15, 0.2) is 5.12 Å². The van der Waals surface area contributed by atoms with Crippen molar-refractivity contribution in [3.8, 4) is 11.3 Å². The summed E-state index contributed by atoms with van der Waals surface area (Å²) in [6, 6.07) is 6.49. The Balaban J connectivity index is 1.60. The normalized spacial score (nSPS) is 20.3. The summed E-state index contributed by atoms with van der Waals surface area (Å²) in [6.45, 7) is 8.77. The molecule has 4 atom stereocenters. The van der Waals surface area contributed by atoms with Crippen LogP contribution in [-0.4, -0.2) is 44.0 Å². The quantitative estimate of drug-likeness (QED) is 0.312. The van der Waals surface area contributed by atoms with Crippen LogP contribution in [0.25, 0.3) is 11.3 Å². The van der Waals surface area contributed by atoms with Crippen LogP contribution < -0.4 is 10.6 Å². The molecule has 0 spiro atoms. The second-order valence-corrected chi connectivity index (χ2v) is 12.9. The number of nitrogens with zero attached hydrogens (tertiary/aromatic N) is 2. The number of rotatable bonds is 6. The Morgan fingerprint density at radius 1 is 1.00 bits per heavy atom. The van der Waals surface area contributed by atoms with Crippen molar-refractivity contribution in [1.29, 1.82) is 0 Å². The second kappa shape index (κ2) is 13.2. The van der Waals surface area contributed by atoms with Crippen molar-refractivity contribution in [3.63, 3.8) is 0 Å². The number of aromatic nitrogens is 2. The first-order valence-electron chi connectivity index (χ1n) is 13.8. The standard InChI is InChI=1S/C31H33F3N4O4S/c1-16-13-18(14-24(28(16)43-17(2)39)38-30(41)42-31(3,4)5)19-11-12-35-15-25(19)37-29(40)23-10-9-22(34)27(36-23)26-20(32)7-6-8-21(26)33/h6-12,15-16,18,24,28H,13-14H2,1-5H3,(H,37,40)(H,38,41)/t16-,18+,24+,28-/m0/s1. The van der Waals surface area contributed by atoms with Crippen molar-refractivity contribution in [3.05, 3.63) is 77.5 Å². The lowest BCUT2D eigenvalue weighted by atomic mass is 9.75. The molecule has 1 fully saturated rings. The zero-order valence-electron chi connectivity index (χ0n) is 24.4. The van der Waals surface area contributed by atoms with Crippen molar-refractivity contribution in [2.75, 3.05) is 5.32 Å². The number of hydrogen-bond donors (Lipinski definition) is 2. The number of hydrogen-bond acceptors (Lipinski definition) is 7. The van der Waals surface area contributed by atoms with Crippen LogP contribution in [-0.2, 0) is 9.53 Å². The van der Waals surface area contributed by atoms with Gasteiger partial charge < -0.3 is 15.4 Å². The van der Waals surface area contributed by atoms with Crippen LogP contribution in [0.5, 0.6) is 0 Å². The number of benzene rings is 1. The topological polar surface area (TPSA) is 110 Å². The molecule has 43 heavy (non-hydrogen) atoms. The van der Waals surface area contributed by atoms with Crippen molar-refractivity contribution < 1.29 is 32.3 Å². The van der Waals surface area contributed by atoms with Gasteiger partial charge in [-0.1, -0.05) is 24.8 Å². The van der Waals surface area contributed by atoms with Crippen LogP contribution in [0.2, 0.25) is 0 Å². The molecule has 0 aliphatic heterocycles. The smallest absolute Gasteiger partial charge is 0.407 e. The van der Waals surface area contributed by atoms with E-state index in [0.29, 0.717) is 18.5 Å². The Hall–Kier alpha value is -3.93. The third-order valence-corrected chi connectivity index (χ3v) is 8.37. The van der Waals surface area contributed by atoms with Crippen molar-refractivity contribution in [2.45, 2.75) is 70.3 Å². The summed E-state index contributed by atoms with van der Waals surface area (Å²) in [4.78, 5) is 46.1. The number of carbonyl (C=O) groups is 3. The lowest BCUT2D eigenvalue weighted by molar-refractivity contribution is -0.109. The Kier molecular flexibility index (Phi) is 9.79. The van der Waals surface area contributed by atoms with Gasteiger partial charge in [-0.15, -0.1) is 0 Å². The molecular formula is C31H33F3N4O4S. The average molecular weight is 615 g/mol. The summed E-state index contributed by atoms with van der Waals surface area (Å²) < 4.78 is 48.8. The Labute approximate surface area is 252 Å². The Bertz CT molecular complexity index is 1510. The lowest BCUT2D eigenvalue weighted by Crippen LogP contribution is -2.50. The van der Waals surface area contributed by atoms with Gasteiger partial charge in [0.1, 0.15) is 34.4 Å². The molecule has 2 aromatic heterocycles. The van der Waals surface area contributed by atoms with Gasteiger partial charge in [0.2, 0.25) is 0 Å². The molecule has 1 aromatic carbocycles. The average Bonchev–Trinajstić information content (AvgIpc) is 2.90. The van der Waals surface area contributed by atoms with Crippen LogP contribution >= 0.6 is 11.8 Å². The molecule has 0 unspecified atom stereocenters. The fourth-order valence-corrected chi connectivity index (χ4v) is 6.35. The minimum absolute atomic E-state index is 0.00120. The molecule has 1 aliphatic rings. The summed E-state index contributed by atoms with van der Waals surface area (Å²) in [6.07, 6.45) is 3.55.